The van der Waals surface area contributed by atoms with Gasteiger partial charge in [-0.2, -0.15) is 0 Å². The predicted molar refractivity (Wildman–Crippen MR) is 74.4 cm³/mol. The van der Waals surface area contributed by atoms with Crippen molar-refractivity contribution in [3.05, 3.63) is 29.8 Å². The quantitative estimate of drug-likeness (QED) is 0.897. The minimum atomic E-state index is -0.817. The fourth-order valence-electron chi connectivity index (χ4n) is 2.21. The summed E-state index contributed by atoms with van der Waals surface area (Å²) in [4.78, 5) is 25.6. The van der Waals surface area contributed by atoms with E-state index in [4.69, 9.17) is 5.11 Å². The normalized spacial score (nSPS) is 17.0. The van der Waals surface area contributed by atoms with Gasteiger partial charge in [0.25, 0.3) is 0 Å². The number of rotatable bonds is 5. The molecule has 0 aliphatic carbocycles. The maximum Gasteiger partial charge on any atom is 0.303 e. The molecule has 1 amide bonds. The lowest BCUT2D eigenvalue weighted by atomic mass is 10.00. The van der Waals surface area contributed by atoms with Crippen molar-refractivity contribution in [2.24, 2.45) is 0 Å². The van der Waals surface area contributed by atoms with Crippen LogP contribution in [0.25, 0.3) is 0 Å². The number of carboxylic acids is 1. The Labute approximate surface area is 116 Å². The maximum atomic E-state index is 12.3. The van der Waals surface area contributed by atoms with Crippen molar-refractivity contribution in [1.29, 1.82) is 0 Å². The van der Waals surface area contributed by atoms with Gasteiger partial charge in [-0.3, -0.25) is 9.59 Å². The van der Waals surface area contributed by atoms with Crippen molar-refractivity contribution in [2.45, 2.75) is 23.7 Å². The number of nitrogens with zero attached hydrogens (tertiary/aromatic N) is 1. The molecule has 1 N–H and O–H groups in total. The molecule has 102 valence electrons. The summed E-state index contributed by atoms with van der Waals surface area (Å²) in [5, 5.41) is 8.60. The number of benzene rings is 1. The van der Waals surface area contributed by atoms with Gasteiger partial charge in [0.2, 0.25) is 5.91 Å². The average molecular weight is 279 g/mol. The van der Waals surface area contributed by atoms with Crippen LogP contribution in [0.2, 0.25) is 0 Å². The monoisotopic (exact) mass is 279 g/mol. The maximum absolute atomic E-state index is 12.3. The van der Waals surface area contributed by atoms with E-state index in [-0.39, 0.29) is 18.2 Å². The van der Waals surface area contributed by atoms with Crippen molar-refractivity contribution in [2.75, 3.05) is 19.3 Å². The van der Waals surface area contributed by atoms with Gasteiger partial charge in [0.1, 0.15) is 0 Å². The van der Waals surface area contributed by atoms with Crippen LogP contribution in [0.1, 0.15) is 24.3 Å². The Morgan fingerprint density at radius 2 is 2.16 bits per heavy atom. The molecule has 0 fully saturated rings. The highest BCUT2D eigenvalue weighted by Gasteiger charge is 2.30. The summed E-state index contributed by atoms with van der Waals surface area (Å²) >= 11 is 1.71. The van der Waals surface area contributed by atoms with Crippen LogP contribution >= 0.6 is 11.8 Å². The van der Waals surface area contributed by atoms with Gasteiger partial charge in [0.15, 0.2) is 0 Å². The third kappa shape index (κ3) is 3.29. The van der Waals surface area contributed by atoms with Crippen LogP contribution in [0, 0.1) is 0 Å². The SMILES string of the molecule is CN(CCCC(=O)O)C(=O)[C@H]1CSc2ccccc21. The number of carboxylic acid groups (broad SMARTS) is 1. The number of likely N-dealkylation sites (N-methyl/N-ethyl adjacent to an activating group) is 1. The topological polar surface area (TPSA) is 57.6 Å². The highest BCUT2D eigenvalue weighted by Crippen LogP contribution is 2.39. The summed E-state index contributed by atoms with van der Waals surface area (Å²) in [5.41, 5.74) is 1.10. The van der Waals surface area contributed by atoms with E-state index in [9.17, 15) is 9.59 Å². The molecule has 1 aliphatic rings. The Hall–Kier alpha value is -1.49. The van der Waals surface area contributed by atoms with E-state index in [0.717, 1.165) is 11.3 Å². The molecular formula is C14H17NO3S. The molecule has 0 saturated heterocycles. The van der Waals surface area contributed by atoms with E-state index >= 15 is 0 Å². The second-order valence-electron chi connectivity index (χ2n) is 4.66. The van der Waals surface area contributed by atoms with Gasteiger partial charge in [-0.05, 0) is 18.1 Å². The number of hydrogen-bond acceptors (Lipinski definition) is 3. The molecule has 4 nitrogen and oxygen atoms in total. The number of aliphatic carboxylic acids is 1. The van der Waals surface area contributed by atoms with E-state index in [1.807, 2.05) is 24.3 Å². The first-order valence-corrected chi connectivity index (χ1v) is 7.26. The zero-order valence-electron chi connectivity index (χ0n) is 10.8. The molecule has 0 unspecified atom stereocenters. The largest absolute Gasteiger partial charge is 0.481 e. The van der Waals surface area contributed by atoms with Gasteiger partial charge >= 0.3 is 5.97 Å². The first-order chi connectivity index (χ1) is 9.09. The first-order valence-electron chi connectivity index (χ1n) is 6.28. The fourth-order valence-corrected chi connectivity index (χ4v) is 3.43. The van der Waals surface area contributed by atoms with Crippen LogP contribution < -0.4 is 0 Å². The number of carbonyl (C=O) groups is 2. The van der Waals surface area contributed by atoms with E-state index in [1.54, 1.807) is 23.7 Å². The molecule has 19 heavy (non-hydrogen) atoms. The molecule has 1 atom stereocenters. The number of hydrogen-bond donors (Lipinski definition) is 1. The molecule has 5 heteroatoms. The van der Waals surface area contributed by atoms with Gasteiger partial charge < -0.3 is 10.0 Å². The Kier molecular flexibility index (Phi) is 4.47. The third-order valence-corrected chi connectivity index (χ3v) is 4.44. The lowest BCUT2D eigenvalue weighted by molar-refractivity contribution is -0.138. The molecule has 1 aromatic carbocycles. The highest BCUT2D eigenvalue weighted by molar-refractivity contribution is 7.99. The molecule has 0 spiro atoms. The number of thioether (sulfide) groups is 1. The van der Waals surface area contributed by atoms with Crippen LogP contribution in [0.3, 0.4) is 0 Å². The van der Waals surface area contributed by atoms with Gasteiger partial charge in [-0.1, -0.05) is 18.2 Å². The Bertz CT molecular complexity index is 489. The lowest BCUT2D eigenvalue weighted by Gasteiger charge is -2.21. The summed E-state index contributed by atoms with van der Waals surface area (Å²) in [5.74, 6) is -0.0389. The molecule has 0 bridgehead atoms. The minimum absolute atomic E-state index is 0.0860. The minimum Gasteiger partial charge on any atom is -0.481 e. The molecule has 1 aromatic rings. The van der Waals surface area contributed by atoms with Crippen molar-refractivity contribution in [3.8, 4) is 0 Å². The first kappa shape index (κ1) is 13.9. The molecular weight excluding hydrogens is 262 g/mol. The van der Waals surface area contributed by atoms with Crippen LogP contribution in [-0.4, -0.2) is 41.2 Å². The van der Waals surface area contributed by atoms with Gasteiger partial charge in [0.05, 0.1) is 5.92 Å². The molecule has 0 aromatic heterocycles. The molecule has 0 saturated carbocycles. The van der Waals surface area contributed by atoms with E-state index in [0.29, 0.717) is 13.0 Å². The van der Waals surface area contributed by atoms with E-state index < -0.39 is 5.97 Å². The summed E-state index contributed by atoms with van der Waals surface area (Å²) in [6.45, 7) is 0.495. The number of carbonyl (C=O) groups excluding carboxylic acids is 1. The van der Waals surface area contributed by atoms with Crippen molar-refractivity contribution in [3.63, 3.8) is 0 Å². The van der Waals surface area contributed by atoms with Crippen LogP contribution in [0.4, 0.5) is 0 Å². The van der Waals surface area contributed by atoms with Gasteiger partial charge in [0, 0.05) is 30.7 Å². The van der Waals surface area contributed by atoms with Gasteiger partial charge in [-0.15, -0.1) is 11.8 Å². The highest BCUT2D eigenvalue weighted by atomic mass is 32.2. The van der Waals surface area contributed by atoms with Crippen molar-refractivity contribution < 1.29 is 14.7 Å². The summed E-state index contributed by atoms with van der Waals surface area (Å²) in [6.07, 6.45) is 0.604. The second kappa shape index (κ2) is 6.10. The van der Waals surface area contributed by atoms with Gasteiger partial charge in [-0.25, -0.2) is 0 Å². The average Bonchev–Trinajstić information content (AvgIpc) is 2.81. The molecule has 1 heterocycles. The Morgan fingerprint density at radius 3 is 2.89 bits per heavy atom. The van der Waals surface area contributed by atoms with Crippen LogP contribution in [0.15, 0.2) is 29.2 Å². The second-order valence-corrected chi connectivity index (χ2v) is 5.72. The third-order valence-electron chi connectivity index (χ3n) is 3.26. The predicted octanol–water partition coefficient (Wildman–Crippen LogP) is 2.20. The zero-order valence-corrected chi connectivity index (χ0v) is 11.7. The summed E-state index contributed by atoms with van der Waals surface area (Å²) in [7, 11) is 1.75. The molecule has 2 rings (SSSR count). The Balaban J connectivity index is 1.95. The number of fused-ring (bicyclic) bond motifs is 1. The van der Waals surface area contributed by atoms with E-state index in [1.165, 1.54) is 4.90 Å². The summed E-state index contributed by atoms with van der Waals surface area (Å²) < 4.78 is 0. The number of amides is 1. The van der Waals surface area contributed by atoms with Crippen LogP contribution in [0.5, 0.6) is 0 Å². The summed E-state index contributed by atoms with van der Waals surface area (Å²) in [6, 6.07) is 7.98. The van der Waals surface area contributed by atoms with E-state index in [2.05, 4.69) is 0 Å². The Morgan fingerprint density at radius 1 is 1.42 bits per heavy atom. The lowest BCUT2D eigenvalue weighted by Crippen LogP contribution is -2.32. The van der Waals surface area contributed by atoms with Crippen molar-refractivity contribution in [1.82, 2.24) is 4.90 Å². The van der Waals surface area contributed by atoms with Crippen molar-refractivity contribution >= 4 is 23.6 Å². The zero-order chi connectivity index (χ0) is 13.8. The molecule has 0 radical (unpaired) electrons. The van der Waals surface area contributed by atoms with Crippen LogP contribution in [-0.2, 0) is 9.59 Å². The smallest absolute Gasteiger partial charge is 0.303 e. The fraction of sp³-hybridized carbons (Fsp3) is 0.429. The standard InChI is InChI=1S/C14H17NO3S/c1-15(8-4-7-13(16)17)14(18)11-9-19-12-6-3-2-5-10(11)12/h2-3,5-6,11H,4,7-9H2,1H3,(H,16,17)/t11-/m0/s1. The molecule has 1 aliphatic heterocycles.